The molecule has 0 spiro atoms. The van der Waals surface area contributed by atoms with Gasteiger partial charge in [0.15, 0.2) is 0 Å². The van der Waals surface area contributed by atoms with Crippen LogP contribution in [0.2, 0.25) is 0 Å². The molecule has 0 saturated heterocycles. The zero-order valence-corrected chi connectivity index (χ0v) is 8.11. The summed E-state index contributed by atoms with van der Waals surface area (Å²) in [6.07, 6.45) is 0.457. The van der Waals surface area contributed by atoms with E-state index in [1.807, 2.05) is 6.07 Å². The van der Waals surface area contributed by atoms with E-state index >= 15 is 0 Å². The molecule has 1 aliphatic rings. The van der Waals surface area contributed by atoms with E-state index in [0.29, 0.717) is 24.2 Å². The van der Waals surface area contributed by atoms with Crippen LogP contribution in [0.4, 0.5) is 14.5 Å². The van der Waals surface area contributed by atoms with Gasteiger partial charge in [0.1, 0.15) is 0 Å². The predicted octanol–water partition coefficient (Wildman–Crippen LogP) is 3.29. The van der Waals surface area contributed by atoms with Crippen molar-refractivity contribution in [1.29, 1.82) is 0 Å². The van der Waals surface area contributed by atoms with Crippen LogP contribution in [0.5, 0.6) is 0 Å². The molecule has 1 aromatic rings. The molecule has 1 N–H and O–H groups in total. The summed E-state index contributed by atoms with van der Waals surface area (Å²) < 4.78 is 27.4. The lowest BCUT2D eigenvalue weighted by molar-refractivity contribution is -0.0126. The number of alkyl halides is 2. The molecule has 0 saturated carbocycles. The van der Waals surface area contributed by atoms with Crippen LogP contribution in [0.25, 0.3) is 0 Å². The number of rotatable bonds is 0. The van der Waals surface area contributed by atoms with Crippen molar-refractivity contribution in [3.05, 3.63) is 29.3 Å². The Balaban J connectivity index is 2.58. The highest BCUT2D eigenvalue weighted by Crippen LogP contribution is 2.41. The molecule has 1 aromatic carbocycles. The van der Waals surface area contributed by atoms with Gasteiger partial charge in [0.25, 0.3) is 5.92 Å². The lowest BCUT2D eigenvalue weighted by Gasteiger charge is -2.18. The molecule has 0 aromatic heterocycles. The minimum Gasteiger partial charge on any atom is -0.385 e. The number of benzene rings is 1. The summed E-state index contributed by atoms with van der Waals surface area (Å²) in [4.78, 5) is 0. The summed E-state index contributed by atoms with van der Waals surface area (Å²) in [6.45, 7) is 2.37. The number of hydrogen-bond acceptors (Lipinski definition) is 1. The largest absolute Gasteiger partial charge is 0.385 e. The first-order valence-electron chi connectivity index (χ1n) is 4.83. The van der Waals surface area contributed by atoms with Gasteiger partial charge in [0.05, 0.1) is 0 Å². The summed E-state index contributed by atoms with van der Waals surface area (Å²) in [6, 6.07) is 5.27. The molecule has 3 heteroatoms. The Morgan fingerprint density at radius 3 is 2.93 bits per heavy atom. The second-order valence-electron chi connectivity index (χ2n) is 3.73. The quantitative estimate of drug-likeness (QED) is 0.673. The fourth-order valence-corrected chi connectivity index (χ4v) is 1.96. The topological polar surface area (TPSA) is 12.0 Å². The van der Waals surface area contributed by atoms with E-state index in [1.54, 1.807) is 19.1 Å². The molecule has 0 bridgehead atoms. The lowest BCUT2D eigenvalue weighted by atomic mass is 9.98. The highest BCUT2D eigenvalue weighted by atomic mass is 19.3. The second kappa shape index (κ2) is 3.23. The zero-order valence-electron chi connectivity index (χ0n) is 8.11. The van der Waals surface area contributed by atoms with Gasteiger partial charge < -0.3 is 5.32 Å². The third-order valence-electron chi connectivity index (χ3n) is 2.62. The lowest BCUT2D eigenvalue weighted by Crippen LogP contribution is -2.14. The molecule has 0 aliphatic carbocycles. The van der Waals surface area contributed by atoms with Gasteiger partial charge in [-0.05, 0) is 25.0 Å². The summed E-state index contributed by atoms with van der Waals surface area (Å²) >= 11 is 0. The average molecular weight is 197 g/mol. The molecule has 1 heterocycles. The highest BCUT2D eigenvalue weighted by molar-refractivity contribution is 5.57. The van der Waals surface area contributed by atoms with Gasteiger partial charge in [-0.2, -0.15) is 0 Å². The standard InChI is InChI=1S/C11H13F2N/c1-8-4-2-5-9-10(8)11(12,13)6-3-7-14-9/h2,4-5,14H,3,6-7H2,1H3. The first kappa shape index (κ1) is 9.44. The third-order valence-corrected chi connectivity index (χ3v) is 2.62. The molecule has 0 amide bonds. The van der Waals surface area contributed by atoms with Crippen LogP contribution in [0.15, 0.2) is 18.2 Å². The third kappa shape index (κ3) is 1.47. The van der Waals surface area contributed by atoms with E-state index in [9.17, 15) is 8.78 Å². The first-order chi connectivity index (χ1) is 6.61. The van der Waals surface area contributed by atoms with Gasteiger partial charge in [-0.3, -0.25) is 0 Å². The Morgan fingerprint density at radius 2 is 2.14 bits per heavy atom. The number of anilines is 1. The Hall–Kier alpha value is -1.12. The molecule has 0 radical (unpaired) electrons. The van der Waals surface area contributed by atoms with Crippen molar-refractivity contribution in [2.24, 2.45) is 0 Å². The van der Waals surface area contributed by atoms with Crippen LogP contribution in [0.1, 0.15) is 24.0 Å². The molecule has 14 heavy (non-hydrogen) atoms. The molecule has 0 unspecified atom stereocenters. The Labute approximate surface area is 82.1 Å². The van der Waals surface area contributed by atoms with Crippen molar-refractivity contribution in [3.8, 4) is 0 Å². The summed E-state index contributed by atoms with van der Waals surface area (Å²) in [5, 5.41) is 3.04. The van der Waals surface area contributed by atoms with Crippen molar-refractivity contribution in [2.75, 3.05) is 11.9 Å². The van der Waals surface area contributed by atoms with Crippen molar-refractivity contribution in [3.63, 3.8) is 0 Å². The minimum atomic E-state index is -2.68. The van der Waals surface area contributed by atoms with E-state index in [1.165, 1.54) is 0 Å². The van der Waals surface area contributed by atoms with Gasteiger partial charge >= 0.3 is 0 Å². The molecular weight excluding hydrogens is 184 g/mol. The van der Waals surface area contributed by atoms with Gasteiger partial charge in [0, 0.05) is 24.2 Å². The van der Waals surface area contributed by atoms with E-state index in [0.717, 1.165) is 0 Å². The Bertz CT molecular complexity index is 347. The minimum absolute atomic E-state index is 0.0577. The van der Waals surface area contributed by atoms with Crippen molar-refractivity contribution in [2.45, 2.75) is 25.7 Å². The van der Waals surface area contributed by atoms with Crippen molar-refractivity contribution < 1.29 is 8.78 Å². The Kier molecular flexibility index (Phi) is 2.17. The van der Waals surface area contributed by atoms with Crippen LogP contribution in [-0.2, 0) is 5.92 Å². The SMILES string of the molecule is Cc1cccc2c1C(F)(F)CCCN2. The van der Waals surface area contributed by atoms with Gasteiger partial charge in [-0.1, -0.05) is 12.1 Å². The maximum atomic E-state index is 13.7. The summed E-state index contributed by atoms with van der Waals surface area (Å²) in [5.41, 5.74) is 1.44. The molecular formula is C11H13F2N. The molecule has 2 rings (SSSR count). The van der Waals surface area contributed by atoms with Crippen molar-refractivity contribution in [1.82, 2.24) is 0 Å². The van der Waals surface area contributed by atoms with E-state index in [4.69, 9.17) is 0 Å². The van der Waals surface area contributed by atoms with Gasteiger partial charge in [-0.25, -0.2) is 8.78 Å². The molecule has 0 atom stereocenters. The van der Waals surface area contributed by atoms with Crippen LogP contribution in [0, 0.1) is 6.92 Å². The average Bonchev–Trinajstić information content (AvgIpc) is 2.25. The molecule has 76 valence electrons. The number of fused-ring (bicyclic) bond motifs is 1. The smallest absolute Gasteiger partial charge is 0.275 e. The highest BCUT2D eigenvalue weighted by Gasteiger charge is 2.36. The van der Waals surface area contributed by atoms with Gasteiger partial charge in [0.2, 0.25) is 0 Å². The van der Waals surface area contributed by atoms with Gasteiger partial charge in [-0.15, -0.1) is 0 Å². The number of hydrogen-bond donors (Lipinski definition) is 1. The number of nitrogens with one attached hydrogen (secondary N) is 1. The fraction of sp³-hybridized carbons (Fsp3) is 0.455. The van der Waals surface area contributed by atoms with Crippen LogP contribution >= 0.6 is 0 Å². The van der Waals surface area contributed by atoms with Crippen molar-refractivity contribution >= 4 is 5.69 Å². The van der Waals surface area contributed by atoms with Crippen LogP contribution in [0.3, 0.4) is 0 Å². The monoisotopic (exact) mass is 197 g/mol. The van der Waals surface area contributed by atoms with E-state index in [-0.39, 0.29) is 12.0 Å². The molecule has 1 aliphatic heterocycles. The van der Waals surface area contributed by atoms with Crippen LogP contribution < -0.4 is 5.32 Å². The maximum absolute atomic E-state index is 13.7. The summed E-state index contributed by atoms with van der Waals surface area (Å²) in [5.74, 6) is -2.68. The Morgan fingerprint density at radius 1 is 1.36 bits per heavy atom. The first-order valence-corrected chi connectivity index (χ1v) is 4.83. The van der Waals surface area contributed by atoms with E-state index in [2.05, 4.69) is 5.32 Å². The zero-order chi connectivity index (χ0) is 10.2. The normalized spacial score (nSPS) is 19.4. The maximum Gasteiger partial charge on any atom is 0.275 e. The molecule has 0 fully saturated rings. The van der Waals surface area contributed by atoms with Crippen LogP contribution in [-0.4, -0.2) is 6.54 Å². The number of halogens is 2. The fourth-order valence-electron chi connectivity index (χ4n) is 1.96. The van der Waals surface area contributed by atoms with E-state index < -0.39 is 5.92 Å². The number of aryl methyl sites for hydroxylation is 1. The molecule has 1 nitrogen and oxygen atoms in total. The summed E-state index contributed by atoms with van der Waals surface area (Å²) in [7, 11) is 0. The predicted molar refractivity (Wildman–Crippen MR) is 52.8 cm³/mol. The second-order valence-corrected chi connectivity index (χ2v) is 3.73.